The minimum atomic E-state index is -0.917. The lowest BCUT2D eigenvalue weighted by molar-refractivity contribution is -0.144. The number of carboxylic acid groups (broad SMARTS) is 1. The summed E-state index contributed by atoms with van der Waals surface area (Å²) in [6.07, 6.45) is 13.9. The third-order valence-electron chi connectivity index (χ3n) is 6.99. The first-order chi connectivity index (χ1) is 15.0. The zero-order valence-corrected chi connectivity index (χ0v) is 19.0. The molecule has 1 aromatic heterocycles. The Morgan fingerprint density at radius 1 is 1.10 bits per heavy atom. The van der Waals surface area contributed by atoms with Gasteiger partial charge >= 0.3 is 5.97 Å². The summed E-state index contributed by atoms with van der Waals surface area (Å²) < 4.78 is 0. The molecule has 31 heavy (non-hydrogen) atoms. The fourth-order valence-electron chi connectivity index (χ4n) is 4.84. The van der Waals surface area contributed by atoms with E-state index in [4.69, 9.17) is 4.98 Å². The van der Waals surface area contributed by atoms with Crippen LogP contribution in [0.3, 0.4) is 0 Å². The third kappa shape index (κ3) is 6.94. The average Bonchev–Trinajstić information content (AvgIpc) is 2.77. The molecule has 1 fully saturated rings. The summed E-state index contributed by atoms with van der Waals surface area (Å²) in [6, 6.07) is 3.59. The van der Waals surface area contributed by atoms with Crippen molar-refractivity contribution in [3.8, 4) is 0 Å². The van der Waals surface area contributed by atoms with Crippen molar-refractivity contribution in [2.24, 2.45) is 5.41 Å². The van der Waals surface area contributed by atoms with Crippen LogP contribution in [0, 0.1) is 5.41 Å². The number of aromatic nitrogens is 1. The molecule has 1 aromatic rings. The van der Waals surface area contributed by atoms with Crippen molar-refractivity contribution >= 4 is 17.7 Å². The van der Waals surface area contributed by atoms with E-state index in [1.54, 1.807) is 0 Å². The van der Waals surface area contributed by atoms with Gasteiger partial charge in [0.15, 0.2) is 0 Å². The molecule has 1 aliphatic heterocycles. The first kappa shape index (κ1) is 23.6. The monoisotopic (exact) mass is 429 g/mol. The zero-order chi connectivity index (χ0) is 22.1. The van der Waals surface area contributed by atoms with Gasteiger partial charge in [-0.25, -0.2) is 9.78 Å². The Bertz CT molecular complexity index is 744. The number of carboxylic acids is 1. The molecule has 0 radical (unpaired) electrons. The number of nitrogens with one attached hydrogen (secondary N) is 2. The number of fused-ring (bicyclic) bond motifs is 1. The number of carbonyl (C=O) groups excluding carboxylic acids is 1. The van der Waals surface area contributed by atoms with Crippen molar-refractivity contribution in [3.05, 3.63) is 23.4 Å². The van der Waals surface area contributed by atoms with Crippen LogP contribution < -0.4 is 10.6 Å². The second kappa shape index (κ2) is 11.5. The molecule has 1 amide bonds. The van der Waals surface area contributed by atoms with Gasteiger partial charge in [-0.3, -0.25) is 4.79 Å². The van der Waals surface area contributed by atoms with Crippen LogP contribution >= 0.6 is 0 Å². The van der Waals surface area contributed by atoms with Crippen LogP contribution in [0.1, 0.15) is 95.2 Å². The largest absolute Gasteiger partial charge is 0.480 e. The fraction of sp³-hybridized carbons (Fsp3) is 0.720. The van der Waals surface area contributed by atoms with Crippen molar-refractivity contribution in [3.63, 3.8) is 0 Å². The molecular weight excluding hydrogens is 390 g/mol. The summed E-state index contributed by atoms with van der Waals surface area (Å²) in [7, 11) is 0. The summed E-state index contributed by atoms with van der Waals surface area (Å²) in [5, 5.41) is 15.7. The molecule has 0 saturated heterocycles. The highest BCUT2D eigenvalue weighted by Gasteiger charge is 2.36. The Morgan fingerprint density at radius 2 is 1.84 bits per heavy atom. The smallest absolute Gasteiger partial charge is 0.326 e. The van der Waals surface area contributed by atoms with Gasteiger partial charge in [0.2, 0.25) is 5.91 Å². The van der Waals surface area contributed by atoms with Crippen molar-refractivity contribution in [1.82, 2.24) is 10.3 Å². The molecule has 2 aliphatic rings. The molecule has 6 heteroatoms. The number of nitrogens with zero attached hydrogens (tertiary/aromatic N) is 1. The van der Waals surface area contributed by atoms with Gasteiger partial charge < -0.3 is 15.7 Å². The van der Waals surface area contributed by atoms with Crippen LogP contribution in [0.2, 0.25) is 0 Å². The van der Waals surface area contributed by atoms with Gasteiger partial charge in [0, 0.05) is 17.7 Å². The SMILES string of the molecule is CC1(C(=O)N[C@@H](CCCCCCCc2ccc3c(n2)NCCC3)C(=O)O)CCCCC1. The Labute approximate surface area is 186 Å². The number of aliphatic carboxylic acids is 1. The lowest BCUT2D eigenvalue weighted by atomic mass is 9.75. The number of carbonyl (C=O) groups is 2. The molecule has 0 spiro atoms. The first-order valence-corrected chi connectivity index (χ1v) is 12.2. The molecule has 2 heterocycles. The standard InChI is InChI=1S/C25H39N3O3/c1-25(16-8-5-9-17-25)24(31)28-21(23(29)30)13-7-4-2-3-6-12-20-15-14-19-11-10-18-26-22(19)27-20/h14-15,21H,2-13,16-18H2,1H3,(H,26,27)(H,28,31)(H,29,30)/t21-/m0/s1. The van der Waals surface area contributed by atoms with Gasteiger partial charge in [0.1, 0.15) is 11.9 Å². The van der Waals surface area contributed by atoms with E-state index in [0.717, 1.165) is 88.7 Å². The van der Waals surface area contributed by atoms with Crippen molar-refractivity contribution < 1.29 is 14.7 Å². The minimum Gasteiger partial charge on any atom is -0.480 e. The number of anilines is 1. The van der Waals surface area contributed by atoms with Gasteiger partial charge in [0.05, 0.1) is 0 Å². The van der Waals surface area contributed by atoms with Gasteiger partial charge in [-0.2, -0.15) is 0 Å². The molecule has 1 atom stereocenters. The minimum absolute atomic E-state index is 0.0772. The van der Waals surface area contributed by atoms with Gasteiger partial charge in [-0.15, -0.1) is 0 Å². The number of rotatable bonds is 11. The molecule has 0 unspecified atom stereocenters. The van der Waals surface area contributed by atoms with Crippen LogP contribution in [-0.2, 0) is 22.4 Å². The maximum Gasteiger partial charge on any atom is 0.326 e. The predicted octanol–water partition coefficient (Wildman–Crippen LogP) is 4.86. The Kier molecular flexibility index (Phi) is 8.73. The van der Waals surface area contributed by atoms with E-state index in [0.29, 0.717) is 6.42 Å². The summed E-state index contributed by atoms with van der Waals surface area (Å²) in [5.41, 5.74) is 2.08. The molecule has 6 nitrogen and oxygen atoms in total. The average molecular weight is 430 g/mol. The number of hydrogen-bond acceptors (Lipinski definition) is 4. The number of aryl methyl sites for hydroxylation is 2. The Balaban J connectivity index is 1.31. The van der Waals surface area contributed by atoms with Crippen molar-refractivity contribution in [2.75, 3.05) is 11.9 Å². The maximum absolute atomic E-state index is 12.6. The summed E-state index contributed by atoms with van der Waals surface area (Å²) in [4.78, 5) is 29.0. The molecule has 0 bridgehead atoms. The van der Waals surface area contributed by atoms with Crippen LogP contribution in [0.5, 0.6) is 0 Å². The third-order valence-corrected chi connectivity index (χ3v) is 6.99. The molecule has 3 rings (SSSR count). The molecule has 0 aromatic carbocycles. The number of unbranched alkanes of at least 4 members (excludes halogenated alkanes) is 4. The summed E-state index contributed by atoms with van der Waals surface area (Å²) in [6.45, 7) is 2.99. The van der Waals surface area contributed by atoms with Crippen molar-refractivity contribution in [2.45, 2.75) is 103 Å². The van der Waals surface area contributed by atoms with E-state index in [2.05, 4.69) is 22.8 Å². The van der Waals surface area contributed by atoms with E-state index in [1.165, 1.54) is 18.4 Å². The summed E-state index contributed by atoms with van der Waals surface area (Å²) in [5.74, 6) is 0.0686. The van der Waals surface area contributed by atoms with Gasteiger partial charge in [-0.1, -0.05) is 57.9 Å². The topological polar surface area (TPSA) is 91.3 Å². The molecular formula is C25H39N3O3. The fourth-order valence-corrected chi connectivity index (χ4v) is 4.84. The Morgan fingerprint density at radius 3 is 2.61 bits per heavy atom. The predicted molar refractivity (Wildman–Crippen MR) is 123 cm³/mol. The lowest BCUT2D eigenvalue weighted by Gasteiger charge is -2.33. The summed E-state index contributed by atoms with van der Waals surface area (Å²) >= 11 is 0. The van der Waals surface area contributed by atoms with Crippen LogP contribution in [0.4, 0.5) is 5.82 Å². The highest BCUT2D eigenvalue weighted by atomic mass is 16.4. The molecule has 172 valence electrons. The maximum atomic E-state index is 12.6. The van der Waals surface area contributed by atoms with E-state index in [1.807, 2.05) is 6.92 Å². The second-order valence-corrected chi connectivity index (χ2v) is 9.63. The molecule has 1 aliphatic carbocycles. The van der Waals surface area contributed by atoms with Gasteiger partial charge in [0.25, 0.3) is 0 Å². The van der Waals surface area contributed by atoms with Crippen LogP contribution in [-0.4, -0.2) is 34.6 Å². The zero-order valence-electron chi connectivity index (χ0n) is 19.0. The molecule has 3 N–H and O–H groups in total. The second-order valence-electron chi connectivity index (χ2n) is 9.63. The van der Waals surface area contributed by atoms with Gasteiger partial charge in [-0.05, 0) is 56.6 Å². The van der Waals surface area contributed by atoms with E-state index in [9.17, 15) is 14.7 Å². The highest BCUT2D eigenvalue weighted by Crippen LogP contribution is 2.36. The number of pyridine rings is 1. The van der Waals surface area contributed by atoms with Crippen LogP contribution in [0.15, 0.2) is 12.1 Å². The van der Waals surface area contributed by atoms with Crippen molar-refractivity contribution in [1.29, 1.82) is 0 Å². The molecule has 1 saturated carbocycles. The highest BCUT2D eigenvalue weighted by molar-refractivity contribution is 5.87. The number of amides is 1. The van der Waals surface area contributed by atoms with E-state index >= 15 is 0 Å². The normalized spacial score (nSPS) is 18.5. The first-order valence-electron chi connectivity index (χ1n) is 12.2. The Hall–Kier alpha value is -2.11. The quantitative estimate of drug-likeness (QED) is 0.437. The number of hydrogen-bond donors (Lipinski definition) is 3. The van der Waals surface area contributed by atoms with E-state index < -0.39 is 17.4 Å². The van der Waals surface area contributed by atoms with E-state index in [-0.39, 0.29) is 5.91 Å². The van der Waals surface area contributed by atoms with Crippen LogP contribution in [0.25, 0.3) is 0 Å². The lowest BCUT2D eigenvalue weighted by Crippen LogP contribution is -2.48.